The molecule has 0 radical (unpaired) electrons. The van der Waals surface area contributed by atoms with E-state index in [1.165, 1.54) is 7.11 Å². The molecular weight excluding hydrogens is 410 g/mol. The topological polar surface area (TPSA) is 143 Å². The SMILES string of the molecule is CNCc1ccccc1O.COc1ccc(O)c(CN)c1.COc1cccc(CN)c1O. The quantitative estimate of drug-likeness (QED) is 0.341. The summed E-state index contributed by atoms with van der Waals surface area (Å²) in [4.78, 5) is 0. The highest BCUT2D eigenvalue weighted by Crippen LogP contribution is 2.28. The molecule has 0 atom stereocenters. The molecular formula is C24H33N3O5. The summed E-state index contributed by atoms with van der Waals surface area (Å²) in [6, 6.07) is 17.5. The average Bonchev–Trinajstić information content (AvgIpc) is 2.82. The fourth-order valence-electron chi connectivity index (χ4n) is 2.60. The van der Waals surface area contributed by atoms with Crippen LogP contribution in [0.1, 0.15) is 16.7 Å². The largest absolute Gasteiger partial charge is 0.508 e. The molecule has 8 heteroatoms. The Balaban J connectivity index is 0.000000240. The van der Waals surface area contributed by atoms with Gasteiger partial charge in [-0.15, -0.1) is 0 Å². The van der Waals surface area contributed by atoms with E-state index in [9.17, 15) is 15.3 Å². The van der Waals surface area contributed by atoms with E-state index >= 15 is 0 Å². The van der Waals surface area contributed by atoms with Crippen molar-refractivity contribution >= 4 is 0 Å². The van der Waals surface area contributed by atoms with E-state index in [1.807, 2.05) is 25.2 Å². The Kier molecular flexibility index (Phi) is 12.1. The van der Waals surface area contributed by atoms with Gasteiger partial charge >= 0.3 is 0 Å². The Morgan fingerprint density at radius 2 is 1.38 bits per heavy atom. The number of ether oxygens (including phenoxy) is 2. The van der Waals surface area contributed by atoms with E-state index < -0.39 is 0 Å². The smallest absolute Gasteiger partial charge is 0.162 e. The van der Waals surface area contributed by atoms with E-state index in [4.69, 9.17) is 20.9 Å². The second kappa shape index (κ2) is 14.5. The van der Waals surface area contributed by atoms with Gasteiger partial charge < -0.3 is 41.6 Å². The summed E-state index contributed by atoms with van der Waals surface area (Å²) < 4.78 is 9.83. The third kappa shape index (κ3) is 8.35. The van der Waals surface area contributed by atoms with Crippen LogP contribution in [0.25, 0.3) is 0 Å². The molecule has 0 fully saturated rings. The Bertz CT molecular complexity index is 926. The van der Waals surface area contributed by atoms with Crippen LogP contribution in [0.2, 0.25) is 0 Å². The van der Waals surface area contributed by atoms with Gasteiger partial charge in [0.1, 0.15) is 17.2 Å². The van der Waals surface area contributed by atoms with Gasteiger partial charge in [-0.1, -0.05) is 30.3 Å². The predicted molar refractivity (Wildman–Crippen MR) is 126 cm³/mol. The van der Waals surface area contributed by atoms with Gasteiger partial charge in [0.25, 0.3) is 0 Å². The van der Waals surface area contributed by atoms with E-state index in [0.717, 1.165) is 5.56 Å². The average molecular weight is 444 g/mol. The van der Waals surface area contributed by atoms with Crippen LogP contribution >= 0.6 is 0 Å². The van der Waals surface area contributed by atoms with E-state index in [1.54, 1.807) is 49.6 Å². The summed E-state index contributed by atoms with van der Waals surface area (Å²) in [6.07, 6.45) is 0. The molecule has 8 nitrogen and oxygen atoms in total. The molecule has 0 saturated heterocycles. The van der Waals surface area contributed by atoms with Gasteiger partial charge in [0.2, 0.25) is 0 Å². The number of phenols is 3. The molecule has 3 aromatic carbocycles. The first-order valence-corrected chi connectivity index (χ1v) is 9.94. The number of hydrogen-bond donors (Lipinski definition) is 6. The molecule has 0 bridgehead atoms. The summed E-state index contributed by atoms with van der Waals surface area (Å²) >= 11 is 0. The van der Waals surface area contributed by atoms with Gasteiger partial charge in [0.05, 0.1) is 14.2 Å². The number of hydrogen-bond acceptors (Lipinski definition) is 8. The first-order valence-electron chi connectivity index (χ1n) is 9.94. The zero-order valence-corrected chi connectivity index (χ0v) is 18.7. The van der Waals surface area contributed by atoms with Gasteiger partial charge in [-0.25, -0.2) is 0 Å². The van der Waals surface area contributed by atoms with Crippen LogP contribution in [-0.4, -0.2) is 36.6 Å². The van der Waals surface area contributed by atoms with Crippen molar-refractivity contribution < 1.29 is 24.8 Å². The molecule has 3 rings (SSSR count). The number of phenolic OH excluding ortho intramolecular Hbond substituents is 3. The second-order valence-corrected chi connectivity index (χ2v) is 6.53. The van der Waals surface area contributed by atoms with Crippen molar-refractivity contribution in [1.82, 2.24) is 5.32 Å². The lowest BCUT2D eigenvalue weighted by atomic mass is 10.2. The lowest BCUT2D eigenvalue weighted by Gasteiger charge is -2.05. The molecule has 3 aromatic rings. The van der Waals surface area contributed by atoms with Crippen molar-refractivity contribution in [3.63, 3.8) is 0 Å². The summed E-state index contributed by atoms with van der Waals surface area (Å²) in [5.41, 5.74) is 13.0. The van der Waals surface area contributed by atoms with Gasteiger partial charge in [-0.05, 0) is 37.4 Å². The summed E-state index contributed by atoms with van der Waals surface area (Å²) in [5.74, 6) is 1.89. The van der Waals surface area contributed by atoms with E-state index in [2.05, 4.69) is 5.32 Å². The fraction of sp³-hybridized carbons (Fsp3) is 0.250. The minimum absolute atomic E-state index is 0.137. The van der Waals surface area contributed by atoms with Crippen LogP contribution in [0.15, 0.2) is 60.7 Å². The molecule has 0 amide bonds. The molecule has 0 spiro atoms. The van der Waals surface area contributed by atoms with Crippen molar-refractivity contribution in [3.05, 3.63) is 77.4 Å². The maximum Gasteiger partial charge on any atom is 0.162 e. The van der Waals surface area contributed by atoms with Crippen molar-refractivity contribution in [3.8, 4) is 28.7 Å². The van der Waals surface area contributed by atoms with Crippen LogP contribution in [0.3, 0.4) is 0 Å². The predicted octanol–water partition coefficient (Wildman–Crippen LogP) is 2.83. The second-order valence-electron chi connectivity index (χ2n) is 6.53. The standard InChI is InChI=1S/2C8H11NO2.C8H11NO/c1-11-7-2-3-8(10)6(4-7)5-9;1-11-7-4-2-3-6(5-9)8(7)10;1-9-6-7-4-2-3-5-8(7)10/h2*2-4,10H,5,9H2,1H3;2-5,9-10H,6H2,1H3. The number of benzene rings is 3. The Morgan fingerprint density at radius 3 is 1.94 bits per heavy atom. The molecule has 174 valence electrons. The molecule has 0 aliphatic rings. The van der Waals surface area contributed by atoms with Gasteiger partial charge in [0, 0.05) is 36.3 Å². The molecule has 0 aliphatic heterocycles. The molecule has 8 N–H and O–H groups in total. The third-order valence-corrected chi connectivity index (χ3v) is 4.39. The number of nitrogens with one attached hydrogen (secondary N) is 1. The van der Waals surface area contributed by atoms with Crippen LogP contribution in [-0.2, 0) is 19.6 Å². The van der Waals surface area contributed by atoms with E-state index in [-0.39, 0.29) is 11.5 Å². The van der Waals surface area contributed by atoms with Crippen molar-refractivity contribution in [2.24, 2.45) is 11.5 Å². The Labute approximate surface area is 189 Å². The highest BCUT2D eigenvalue weighted by atomic mass is 16.5. The molecule has 0 aromatic heterocycles. The van der Waals surface area contributed by atoms with Crippen LogP contribution in [0.4, 0.5) is 0 Å². The molecule has 0 saturated carbocycles. The van der Waals surface area contributed by atoms with Crippen molar-refractivity contribution in [1.29, 1.82) is 0 Å². The summed E-state index contributed by atoms with van der Waals surface area (Å²) in [7, 11) is 4.94. The Hall–Kier alpha value is -3.46. The maximum absolute atomic E-state index is 9.38. The zero-order chi connectivity index (χ0) is 23.9. The van der Waals surface area contributed by atoms with Crippen molar-refractivity contribution in [2.75, 3.05) is 21.3 Å². The molecule has 32 heavy (non-hydrogen) atoms. The minimum Gasteiger partial charge on any atom is -0.508 e. The van der Waals surface area contributed by atoms with Gasteiger partial charge in [-0.2, -0.15) is 0 Å². The Morgan fingerprint density at radius 1 is 0.750 bits per heavy atom. The minimum atomic E-state index is 0.137. The van der Waals surface area contributed by atoms with Gasteiger partial charge in [-0.3, -0.25) is 0 Å². The summed E-state index contributed by atoms with van der Waals surface area (Å²) in [6.45, 7) is 1.36. The molecule has 0 aliphatic carbocycles. The molecule has 0 heterocycles. The van der Waals surface area contributed by atoms with Gasteiger partial charge in [0.15, 0.2) is 11.5 Å². The number of aromatic hydroxyl groups is 3. The number of nitrogens with two attached hydrogens (primary N) is 2. The fourth-order valence-corrected chi connectivity index (χ4v) is 2.60. The lowest BCUT2D eigenvalue weighted by Crippen LogP contribution is -2.04. The number of rotatable bonds is 6. The van der Waals surface area contributed by atoms with Crippen molar-refractivity contribution in [2.45, 2.75) is 19.6 Å². The number of para-hydroxylation sites is 2. The molecule has 0 unspecified atom stereocenters. The summed E-state index contributed by atoms with van der Waals surface area (Å²) in [5, 5.41) is 30.7. The normalized spacial score (nSPS) is 9.66. The monoisotopic (exact) mass is 443 g/mol. The first-order chi connectivity index (χ1) is 15.4. The highest BCUT2D eigenvalue weighted by molar-refractivity contribution is 5.45. The van der Waals surface area contributed by atoms with Crippen LogP contribution in [0.5, 0.6) is 28.7 Å². The highest BCUT2D eigenvalue weighted by Gasteiger charge is 2.04. The number of methoxy groups -OCH3 is 2. The third-order valence-electron chi connectivity index (χ3n) is 4.39. The van der Waals surface area contributed by atoms with E-state index in [0.29, 0.717) is 48.0 Å². The maximum atomic E-state index is 9.38. The van der Waals surface area contributed by atoms with Crippen LogP contribution in [0, 0.1) is 0 Å². The zero-order valence-electron chi connectivity index (χ0n) is 18.7. The van der Waals surface area contributed by atoms with Crippen LogP contribution < -0.4 is 26.3 Å². The first kappa shape index (κ1) is 26.6. The lowest BCUT2D eigenvalue weighted by molar-refractivity contribution is 0.370.